The topological polar surface area (TPSA) is 59.1 Å². The first kappa shape index (κ1) is 14.5. The minimum atomic E-state index is -3.47. The van der Waals surface area contributed by atoms with Gasteiger partial charge < -0.3 is 0 Å². The first-order valence-electron chi connectivity index (χ1n) is 5.64. The summed E-state index contributed by atoms with van der Waals surface area (Å²) in [6.45, 7) is 2.30. The SMILES string of the molecule is Cc1cnc(CCNS(=O)(=O)c2ccc(Cl)cc2)s1. The molecule has 0 saturated heterocycles. The van der Waals surface area contributed by atoms with Crippen molar-refractivity contribution in [3.63, 3.8) is 0 Å². The molecule has 1 N–H and O–H groups in total. The molecule has 0 spiro atoms. The van der Waals surface area contributed by atoms with Gasteiger partial charge in [0.05, 0.1) is 9.90 Å². The zero-order chi connectivity index (χ0) is 13.9. The fraction of sp³-hybridized carbons (Fsp3) is 0.250. The number of thiazole rings is 1. The predicted octanol–water partition coefficient (Wildman–Crippen LogP) is 2.63. The summed E-state index contributed by atoms with van der Waals surface area (Å²) in [6.07, 6.45) is 2.37. The van der Waals surface area contributed by atoms with Gasteiger partial charge in [-0.3, -0.25) is 0 Å². The molecule has 1 aromatic carbocycles. The van der Waals surface area contributed by atoms with E-state index in [0.717, 1.165) is 9.88 Å². The first-order chi connectivity index (χ1) is 8.97. The van der Waals surface area contributed by atoms with Crippen LogP contribution in [0.2, 0.25) is 5.02 Å². The van der Waals surface area contributed by atoms with Gasteiger partial charge in [-0.05, 0) is 31.2 Å². The average Bonchev–Trinajstić information content (AvgIpc) is 2.75. The summed E-state index contributed by atoms with van der Waals surface area (Å²) in [5, 5.41) is 1.44. The van der Waals surface area contributed by atoms with Crippen LogP contribution in [0.5, 0.6) is 0 Å². The lowest BCUT2D eigenvalue weighted by molar-refractivity contribution is 0.581. The Kier molecular flexibility index (Phi) is 4.57. The zero-order valence-electron chi connectivity index (χ0n) is 10.3. The number of aromatic nitrogens is 1. The lowest BCUT2D eigenvalue weighted by atomic mass is 10.4. The van der Waals surface area contributed by atoms with Crippen LogP contribution in [-0.2, 0) is 16.4 Å². The predicted molar refractivity (Wildman–Crippen MR) is 77.2 cm³/mol. The summed E-state index contributed by atoms with van der Waals surface area (Å²) in [5.74, 6) is 0. The largest absolute Gasteiger partial charge is 0.249 e. The van der Waals surface area contributed by atoms with E-state index in [9.17, 15) is 8.42 Å². The van der Waals surface area contributed by atoms with E-state index in [1.54, 1.807) is 29.7 Å². The standard InChI is InChI=1S/C12H13ClN2O2S2/c1-9-8-14-12(18-9)6-7-15-19(16,17)11-4-2-10(13)3-5-11/h2-5,8,15H,6-7H2,1H3. The third-order valence-corrected chi connectivity index (χ3v) is 5.13. The van der Waals surface area contributed by atoms with Gasteiger partial charge in [-0.2, -0.15) is 0 Å². The molecule has 0 saturated carbocycles. The molecular formula is C12H13ClN2O2S2. The number of benzene rings is 1. The molecule has 19 heavy (non-hydrogen) atoms. The van der Waals surface area contributed by atoms with Gasteiger partial charge in [-0.25, -0.2) is 18.1 Å². The lowest BCUT2D eigenvalue weighted by Crippen LogP contribution is -2.25. The maximum absolute atomic E-state index is 12.0. The van der Waals surface area contributed by atoms with Crippen molar-refractivity contribution in [2.75, 3.05) is 6.54 Å². The summed E-state index contributed by atoms with van der Waals surface area (Å²) < 4.78 is 26.5. The smallest absolute Gasteiger partial charge is 0.240 e. The van der Waals surface area contributed by atoms with Crippen molar-refractivity contribution in [1.29, 1.82) is 0 Å². The van der Waals surface area contributed by atoms with E-state index in [4.69, 9.17) is 11.6 Å². The first-order valence-corrected chi connectivity index (χ1v) is 8.32. The summed E-state index contributed by atoms with van der Waals surface area (Å²) in [5.41, 5.74) is 0. The highest BCUT2D eigenvalue weighted by Gasteiger charge is 2.13. The summed E-state index contributed by atoms with van der Waals surface area (Å²) >= 11 is 7.30. The Morgan fingerprint density at radius 2 is 2.00 bits per heavy atom. The van der Waals surface area contributed by atoms with Crippen LogP contribution in [-0.4, -0.2) is 19.9 Å². The van der Waals surface area contributed by atoms with Crippen molar-refractivity contribution in [3.8, 4) is 0 Å². The number of sulfonamides is 1. The van der Waals surface area contributed by atoms with Gasteiger partial charge in [0, 0.05) is 29.1 Å². The van der Waals surface area contributed by atoms with E-state index in [-0.39, 0.29) is 4.90 Å². The van der Waals surface area contributed by atoms with Crippen molar-refractivity contribution in [2.24, 2.45) is 0 Å². The second kappa shape index (κ2) is 6.00. The molecule has 0 amide bonds. The Labute approximate surface area is 121 Å². The minimum Gasteiger partial charge on any atom is -0.249 e. The lowest BCUT2D eigenvalue weighted by Gasteiger charge is -2.05. The van der Waals surface area contributed by atoms with E-state index in [1.807, 2.05) is 6.92 Å². The van der Waals surface area contributed by atoms with Gasteiger partial charge in [0.1, 0.15) is 0 Å². The van der Waals surface area contributed by atoms with Crippen molar-refractivity contribution in [1.82, 2.24) is 9.71 Å². The highest BCUT2D eigenvalue weighted by molar-refractivity contribution is 7.89. The third-order valence-electron chi connectivity index (χ3n) is 2.42. The number of nitrogens with one attached hydrogen (secondary N) is 1. The Morgan fingerprint density at radius 1 is 1.32 bits per heavy atom. The molecule has 4 nitrogen and oxygen atoms in total. The Balaban J connectivity index is 1.96. The van der Waals surface area contributed by atoms with Gasteiger partial charge in [-0.15, -0.1) is 11.3 Å². The number of rotatable bonds is 5. The highest BCUT2D eigenvalue weighted by atomic mass is 35.5. The molecule has 0 aliphatic rings. The monoisotopic (exact) mass is 316 g/mol. The van der Waals surface area contributed by atoms with Crippen molar-refractivity contribution in [2.45, 2.75) is 18.2 Å². The Morgan fingerprint density at radius 3 is 2.58 bits per heavy atom. The fourth-order valence-electron chi connectivity index (χ4n) is 1.51. The van der Waals surface area contributed by atoms with Gasteiger partial charge in [0.25, 0.3) is 0 Å². The average molecular weight is 317 g/mol. The Bertz CT molecular complexity index is 651. The molecule has 0 fully saturated rings. The van der Waals surface area contributed by atoms with E-state index >= 15 is 0 Å². The van der Waals surface area contributed by atoms with Gasteiger partial charge in [0.2, 0.25) is 10.0 Å². The number of halogens is 1. The van der Waals surface area contributed by atoms with Crippen LogP contribution in [0.3, 0.4) is 0 Å². The zero-order valence-corrected chi connectivity index (χ0v) is 12.6. The summed E-state index contributed by atoms with van der Waals surface area (Å²) in [4.78, 5) is 5.52. The van der Waals surface area contributed by atoms with E-state index in [0.29, 0.717) is 18.0 Å². The third kappa shape index (κ3) is 4.01. The van der Waals surface area contributed by atoms with Gasteiger partial charge in [0.15, 0.2) is 0 Å². The molecule has 1 aromatic heterocycles. The van der Waals surface area contributed by atoms with Crippen LogP contribution in [0, 0.1) is 6.92 Å². The van der Waals surface area contributed by atoms with Crippen LogP contribution < -0.4 is 4.72 Å². The van der Waals surface area contributed by atoms with Gasteiger partial charge >= 0.3 is 0 Å². The normalized spacial score (nSPS) is 11.7. The van der Waals surface area contributed by atoms with Crippen molar-refractivity contribution < 1.29 is 8.42 Å². The molecule has 0 aliphatic heterocycles. The number of hydrogen-bond donors (Lipinski definition) is 1. The highest BCUT2D eigenvalue weighted by Crippen LogP contribution is 2.14. The molecule has 1 heterocycles. The van der Waals surface area contributed by atoms with Crippen LogP contribution in [0.25, 0.3) is 0 Å². The minimum absolute atomic E-state index is 0.215. The number of nitrogens with zero attached hydrogens (tertiary/aromatic N) is 1. The molecule has 0 atom stereocenters. The Hall–Kier alpha value is -0.950. The van der Waals surface area contributed by atoms with E-state index in [2.05, 4.69) is 9.71 Å². The van der Waals surface area contributed by atoms with Crippen molar-refractivity contribution >= 4 is 33.0 Å². The molecule has 7 heteroatoms. The molecular weight excluding hydrogens is 304 g/mol. The summed E-state index contributed by atoms with van der Waals surface area (Å²) in [6, 6.07) is 6.08. The molecule has 102 valence electrons. The molecule has 0 unspecified atom stereocenters. The second-order valence-electron chi connectivity index (χ2n) is 3.97. The molecule has 0 aliphatic carbocycles. The van der Waals surface area contributed by atoms with Crippen LogP contribution in [0.4, 0.5) is 0 Å². The van der Waals surface area contributed by atoms with Gasteiger partial charge in [-0.1, -0.05) is 11.6 Å². The van der Waals surface area contributed by atoms with Crippen LogP contribution in [0.1, 0.15) is 9.88 Å². The quantitative estimate of drug-likeness (QED) is 0.922. The number of aryl methyl sites for hydroxylation is 1. The van der Waals surface area contributed by atoms with E-state index in [1.165, 1.54) is 12.1 Å². The number of hydrogen-bond acceptors (Lipinski definition) is 4. The molecule has 0 radical (unpaired) electrons. The summed E-state index contributed by atoms with van der Waals surface area (Å²) in [7, 11) is -3.47. The fourth-order valence-corrected chi connectivity index (χ4v) is 3.45. The molecule has 0 bridgehead atoms. The van der Waals surface area contributed by atoms with Crippen LogP contribution >= 0.6 is 22.9 Å². The maximum atomic E-state index is 12.0. The molecule has 2 rings (SSSR count). The van der Waals surface area contributed by atoms with E-state index < -0.39 is 10.0 Å². The maximum Gasteiger partial charge on any atom is 0.240 e. The van der Waals surface area contributed by atoms with Crippen LogP contribution in [0.15, 0.2) is 35.4 Å². The van der Waals surface area contributed by atoms with Crippen molar-refractivity contribution in [3.05, 3.63) is 45.4 Å². The second-order valence-corrected chi connectivity index (χ2v) is 7.49. The molecule has 2 aromatic rings.